The van der Waals surface area contributed by atoms with Crippen LogP contribution >= 0.6 is 0 Å². The van der Waals surface area contributed by atoms with Gasteiger partial charge in [0.1, 0.15) is 23.7 Å². The number of hydrogen-bond donors (Lipinski definition) is 2. The highest BCUT2D eigenvalue weighted by molar-refractivity contribution is 5.85. The van der Waals surface area contributed by atoms with E-state index in [4.69, 9.17) is 14.7 Å². The van der Waals surface area contributed by atoms with Crippen molar-refractivity contribution < 1.29 is 14.3 Å². The lowest BCUT2D eigenvalue weighted by molar-refractivity contribution is -0.139. The van der Waals surface area contributed by atoms with E-state index in [9.17, 15) is 9.59 Å². The maximum absolute atomic E-state index is 14.4. The van der Waals surface area contributed by atoms with E-state index in [1.54, 1.807) is 0 Å². The Balaban J connectivity index is 0.921. The molecule has 0 unspecified atom stereocenters. The number of carbonyl (C=O) groups excluding carboxylic acids is 2. The molecule has 5 heterocycles. The molecule has 2 aromatic heterocycles. The second kappa shape index (κ2) is 18.8. The van der Waals surface area contributed by atoms with Gasteiger partial charge in [-0.05, 0) is 97.4 Å². The van der Waals surface area contributed by atoms with Gasteiger partial charge in [0.15, 0.2) is 0 Å². The quantitative estimate of drug-likeness (QED) is 0.112. The summed E-state index contributed by atoms with van der Waals surface area (Å²) in [5.74, 6) is 1.93. The van der Waals surface area contributed by atoms with E-state index in [1.165, 1.54) is 0 Å². The largest absolute Gasteiger partial charge is 0.372 e. The lowest BCUT2D eigenvalue weighted by atomic mass is 9.93. The highest BCUT2D eigenvalue weighted by atomic mass is 16.5. The molecule has 3 aliphatic rings. The van der Waals surface area contributed by atoms with E-state index in [2.05, 4.69) is 108 Å². The molecule has 0 radical (unpaired) electrons. The van der Waals surface area contributed by atoms with Gasteiger partial charge < -0.3 is 24.5 Å². The van der Waals surface area contributed by atoms with Gasteiger partial charge in [0.05, 0.1) is 36.7 Å². The van der Waals surface area contributed by atoms with Gasteiger partial charge in [-0.2, -0.15) is 0 Å². The Bertz CT molecular complexity index is 2340. The van der Waals surface area contributed by atoms with E-state index in [0.29, 0.717) is 13.2 Å². The van der Waals surface area contributed by atoms with Crippen molar-refractivity contribution in [3.63, 3.8) is 0 Å². The number of imidazole rings is 2. The summed E-state index contributed by atoms with van der Waals surface area (Å²) in [6, 6.07) is 32.5. The molecule has 326 valence electrons. The zero-order chi connectivity index (χ0) is 43.5. The number of aromatic amines is 2. The summed E-state index contributed by atoms with van der Waals surface area (Å²) >= 11 is 0. The first kappa shape index (κ1) is 42.4. The minimum Gasteiger partial charge on any atom is -0.372 e. The fourth-order valence-corrected chi connectivity index (χ4v) is 10.3. The van der Waals surface area contributed by atoms with E-state index >= 15 is 0 Å². The Kier molecular flexibility index (Phi) is 12.7. The molecule has 11 nitrogen and oxygen atoms in total. The highest BCUT2D eigenvalue weighted by Crippen LogP contribution is 2.40. The predicted octanol–water partition coefficient (Wildman–Crippen LogP) is 9.66. The molecule has 2 amide bonds. The summed E-state index contributed by atoms with van der Waals surface area (Å²) in [4.78, 5) is 54.5. The van der Waals surface area contributed by atoms with Crippen LogP contribution in [0.15, 0.2) is 109 Å². The molecule has 9 rings (SSSR count). The number of nitrogens with zero attached hydrogens (tertiary/aromatic N) is 6. The lowest BCUT2D eigenvalue weighted by Crippen LogP contribution is -2.43. The molecular formula is C52H60N8O3. The van der Waals surface area contributed by atoms with Crippen LogP contribution in [0.4, 0.5) is 0 Å². The van der Waals surface area contributed by atoms with Crippen molar-refractivity contribution in [3.8, 4) is 33.6 Å². The third kappa shape index (κ3) is 8.37. The number of benzene rings is 4. The molecule has 0 bridgehead atoms. The van der Waals surface area contributed by atoms with E-state index in [-0.39, 0.29) is 36.0 Å². The maximum Gasteiger partial charge on any atom is 0.245 e. The van der Waals surface area contributed by atoms with Crippen LogP contribution in [0.3, 0.4) is 0 Å². The minimum absolute atomic E-state index is 0.104. The van der Waals surface area contributed by atoms with Gasteiger partial charge in [-0.3, -0.25) is 19.4 Å². The summed E-state index contributed by atoms with van der Waals surface area (Å²) in [7, 11) is 0. The van der Waals surface area contributed by atoms with Crippen molar-refractivity contribution in [3.05, 3.63) is 143 Å². The third-order valence-corrected chi connectivity index (χ3v) is 13.6. The molecule has 3 aliphatic heterocycles. The van der Waals surface area contributed by atoms with Crippen LogP contribution in [0.5, 0.6) is 0 Å². The van der Waals surface area contributed by atoms with Gasteiger partial charge in [-0.15, -0.1) is 0 Å². The molecule has 2 N–H and O–H groups in total. The molecule has 2 fully saturated rings. The van der Waals surface area contributed by atoms with E-state index in [1.807, 2.05) is 58.6 Å². The second-order valence-electron chi connectivity index (χ2n) is 17.0. The smallest absolute Gasteiger partial charge is 0.245 e. The van der Waals surface area contributed by atoms with Crippen LogP contribution < -0.4 is 0 Å². The molecule has 4 atom stereocenters. The normalized spacial score (nSPS) is 18.4. The number of H-pyrrole nitrogens is 2. The number of aromatic nitrogens is 4. The first-order chi connectivity index (χ1) is 30.9. The fraction of sp³-hybridized carbons (Fsp3) is 0.385. The van der Waals surface area contributed by atoms with Crippen LogP contribution in [0.2, 0.25) is 0 Å². The average molecular weight is 845 g/mol. The van der Waals surface area contributed by atoms with Crippen molar-refractivity contribution in [2.75, 3.05) is 39.3 Å². The van der Waals surface area contributed by atoms with Gasteiger partial charge in [0.25, 0.3) is 0 Å². The molecule has 0 aliphatic carbocycles. The lowest BCUT2D eigenvalue weighted by Gasteiger charge is -2.34. The number of ether oxygens (including phenoxy) is 1. The average Bonchev–Trinajstić information content (AvgIpc) is 4.17. The fourth-order valence-electron chi connectivity index (χ4n) is 10.3. The Morgan fingerprint density at radius 2 is 1.03 bits per heavy atom. The van der Waals surface area contributed by atoms with Gasteiger partial charge in [-0.25, -0.2) is 9.97 Å². The zero-order valence-corrected chi connectivity index (χ0v) is 37.1. The zero-order valence-electron chi connectivity index (χ0n) is 37.1. The monoisotopic (exact) mass is 844 g/mol. The number of carbonyl (C=O) groups is 2. The number of likely N-dealkylation sites (N-methyl/N-ethyl adjacent to an activating group) is 2. The van der Waals surface area contributed by atoms with Crippen molar-refractivity contribution in [1.29, 1.82) is 0 Å². The Morgan fingerprint density at radius 3 is 1.43 bits per heavy atom. The standard InChI is InChI=1S/C52H60N8O3/c1-5-57(6-2)47(35-17-11-9-12-18-35)51(61)59-27-15-21-45(59)49-53-31-43(55-49)37-23-25-41-39(29-37)33-63-34-40-30-38(24-26-42(40)41)44-32-54-50(56-44)46-22-16-28-60(46)52(62)48(58(7-3)8-4)36-19-13-10-14-20-36/h9-14,17-20,23-26,29-32,45-48H,5-8,15-16,21-22,27-28,33-34H2,1-4H3,(H,53,55)(H,54,56)/t45-,46-,47-,48-/m0/s1. The first-order valence-electron chi connectivity index (χ1n) is 23.0. The topological polar surface area (TPSA) is 114 Å². The van der Waals surface area contributed by atoms with Crippen molar-refractivity contribution in [1.82, 2.24) is 39.5 Å². The molecule has 11 heteroatoms. The van der Waals surface area contributed by atoms with E-state index in [0.717, 1.165) is 132 Å². The SMILES string of the molecule is CCN(CC)[C@H](C(=O)N1CCC[C@H]1c1nc(-c2ccc3c(c2)COCc2cc(-c4c[nH]c([C@@H]5CCCN5C(=O)[C@H](c5ccccc5)N(CC)CC)n4)ccc2-3)c[nH]1)c1ccccc1. The molecule has 4 aromatic carbocycles. The maximum atomic E-state index is 14.4. The van der Waals surface area contributed by atoms with Gasteiger partial charge in [-0.1, -0.05) is 113 Å². The first-order valence-corrected chi connectivity index (χ1v) is 23.0. The number of fused-ring (bicyclic) bond motifs is 3. The number of amides is 2. The van der Waals surface area contributed by atoms with E-state index < -0.39 is 0 Å². The Morgan fingerprint density at radius 1 is 0.619 bits per heavy atom. The number of hydrogen-bond acceptors (Lipinski definition) is 7. The highest BCUT2D eigenvalue weighted by Gasteiger charge is 2.39. The van der Waals surface area contributed by atoms with Crippen molar-refractivity contribution in [2.45, 2.75) is 90.8 Å². The van der Waals surface area contributed by atoms with Crippen molar-refractivity contribution in [2.24, 2.45) is 0 Å². The van der Waals surface area contributed by atoms with Crippen LogP contribution in [-0.4, -0.2) is 90.6 Å². The molecule has 63 heavy (non-hydrogen) atoms. The van der Waals surface area contributed by atoms with Crippen LogP contribution in [0, 0.1) is 0 Å². The van der Waals surface area contributed by atoms with Crippen molar-refractivity contribution >= 4 is 11.8 Å². The van der Waals surface area contributed by atoms with Crippen LogP contribution in [0.1, 0.15) is 111 Å². The number of likely N-dealkylation sites (tertiary alicyclic amines) is 2. The Labute approximate surface area is 371 Å². The third-order valence-electron chi connectivity index (χ3n) is 13.6. The molecular weight excluding hydrogens is 785 g/mol. The Hall–Kier alpha value is -5.88. The molecule has 6 aromatic rings. The summed E-state index contributed by atoms with van der Waals surface area (Å²) < 4.78 is 6.32. The predicted molar refractivity (Wildman–Crippen MR) is 247 cm³/mol. The molecule has 0 saturated carbocycles. The van der Waals surface area contributed by atoms with Crippen LogP contribution in [-0.2, 0) is 27.5 Å². The minimum atomic E-state index is -0.326. The van der Waals surface area contributed by atoms with Gasteiger partial charge in [0, 0.05) is 36.6 Å². The molecule has 2 saturated heterocycles. The van der Waals surface area contributed by atoms with Gasteiger partial charge >= 0.3 is 0 Å². The number of rotatable bonds is 14. The summed E-state index contributed by atoms with van der Waals surface area (Å²) in [5, 5.41) is 0. The molecule has 0 spiro atoms. The summed E-state index contributed by atoms with van der Waals surface area (Å²) in [5.41, 5.74) is 10.3. The van der Waals surface area contributed by atoms with Gasteiger partial charge in [0.2, 0.25) is 11.8 Å². The van der Waals surface area contributed by atoms with Crippen LogP contribution in [0.25, 0.3) is 33.6 Å². The summed E-state index contributed by atoms with van der Waals surface area (Å²) in [6.07, 6.45) is 7.58. The second-order valence-corrected chi connectivity index (χ2v) is 17.0. The number of nitrogens with one attached hydrogen (secondary N) is 2. The summed E-state index contributed by atoms with van der Waals surface area (Å²) in [6.45, 7) is 14.1.